The standard InChI is InChI=1S/C16H18FN3O5S2/c1-3-11-13(17)15(19-9-18-11)25-10-4-6-20(8-10)27(22,23)12-5-7-26-14(12)16(21)24-2/h5,7,9-10H,3-4,6,8H2,1-2H3/t10-/m1/s1. The summed E-state index contributed by atoms with van der Waals surface area (Å²) in [5.74, 6) is -1.52. The Labute approximate surface area is 160 Å². The Morgan fingerprint density at radius 1 is 1.44 bits per heavy atom. The van der Waals surface area contributed by atoms with Gasteiger partial charge in [0.1, 0.15) is 22.2 Å². The highest BCUT2D eigenvalue weighted by molar-refractivity contribution is 7.89. The van der Waals surface area contributed by atoms with Crippen LogP contribution in [0.25, 0.3) is 0 Å². The number of aryl methyl sites for hydroxylation is 1. The maximum Gasteiger partial charge on any atom is 0.349 e. The number of esters is 1. The molecule has 0 radical (unpaired) electrons. The number of hydrogen-bond acceptors (Lipinski definition) is 8. The lowest BCUT2D eigenvalue weighted by molar-refractivity contribution is 0.0602. The molecule has 0 unspecified atom stereocenters. The van der Waals surface area contributed by atoms with Crippen molar-refractivity contribution >= 4 is 27.3 Å². The average molecular weight is 415 g/mol. The number of ether oxygens (including phenoxy) is 2. The number of nitrogens with zero attached hydrogens (tertiary/aromatic N) is 3. The second-order valence-electron chi connectivity index (χ2n) is 5.79. The monoisotopic (exact) mass is 415 g/mol. The van der Waals surface area contributed by atoms with E-state index in [0.29, 0.717) is 12.8 Å². The topological polar surface area (TPSA) is 98.7 Å². The normalized spacial score (nSPS) is 17.8. The van der Waals surface area contributed by atoms with E-state index >= 15 is 0 Å². The van der Waals surface area contributed by atoms with Gasteiger partial charge in [0.2, 0.25) is 15.8 Å². The summed E-state index contributed by atoms with van der Waals surface area (Å²) in [6, 6.07) is 1.37. The first-order chi connectivity index (χ1) is 12.9. The second-order valence-corrected chi connectivity index (χ2v) is 8.61. The first-order valence-corrected chi connectivity index (χ1v) is 10.5. The minimum absolute atomic E-state index is 0.0244. The van der Waals surface area contributed by atoms with Crippen molar-refractivity contribution in [2.45, 2.75) is 30.8 Å². The maximum atomic E-state index is 14.2. The van der Waals surface area contributed by atoms with Gasteiger partial charge in [-0.3, -0.25) is 0 Å². The molecule has 1 fully saturated rings. The largest absolute Gasteiger partial charge is 0.471 e. The molecule has 27 heavy (non-hydrogen) atoms. The molecule has 2 aromatic heterocycles. The van der Waals surface area contributed by atoms with E-state index in [-0.39, 0.29) is 34.4 Å². The molecule has 8 nitrogen and oxygen atoms in total. The number of methoxy groups -OCH3 is 1. The molecular formula is C16H18FN3O5S2. The van der Waals surface area contributed by atoms with Crippen LogP contribution >= 0.6 is 11.3 Å². The summed E-state index contributed by atoms with van der Waals surface area (Å²) >= 11 is 0.999. The molecule has 3 rings (SSSR count). The molecule has 2 aromatic rings. The zero-order chi connectivity index (χ0) is 19.6. The van der Waals surface area contributed by atoms with Crippen LogP contribution in [0.4, 0.5) is 4.39 Å². The zero-order valence-electron chi connectivity index (χ0n) is 14.7. The fourth-order valence-electron chi connectivity index (χ4n) is 2.77. The first kappa shape index (κ1) is 19.6. The molecule has 0 saturated carbocycles. The smallest absolute Gasteiger partial charge is 0.349 e. The Balaban J connectivity index is 1.76. The highest BCUT2D eigenvalue weighted by Gasteiger charge is 2.37. The third kappa shape index (κ3) is 3.80. The second kappa shape index (κ2) is 7.87. The molecule has 0 bridgehead atoms. The SMILES string of the molecule is CCc1ncnc(O[C@@H]2CCN(S(=O)(=O)c3ccsc3C(=O)OC)C2)c1F. The summed E-state index contributed by atoms with van der Waals surface area (Å²) in [7, 11) is -2.70. The summed E-state index contributed by atoms with van der Waals surface area (Å²) in [4.78, 5) is 19.4. The van der Waals surface area contributed by atoms with Crippen LogP contribution < -0.4 is 4.74 Å². The van der Waals surface area contributed by atoms with Gasteiger partial charge < -0.3 is 9.47 Å². The van der Waals surface area contributed by atoms with Crippen LogP contribution in [-0.2, 0) is 21.2 Å². The van der Waals surface area contributed by atoms with Gasteiger partial charge in [0.25, 0.3) is 5.88 Å². The number of carbonyl (C=O) groups excluding carboxylic acids is 1. The Morgan fingerprint density at radius 2 is 2.22 bits per heavy atom. The zero-order valence-corrected chi connectivity index (χ0v) is 16.3. The van der Waals surface area contributed by atoms with E-state index in [0.717, 1.165) is 11.3 Å². The molecule has 0 aliphatic carbocycles. The van der Waals surface area contributed by atoms with Crippen LogP contribution in [-0.4, -0.2) is 55.0 Å². The first-order valence-electron chi connectivity index (χ1n) is 8.20. The Kier molecular flexibility index (Phi) is 5.72. The average Bonchev–Trinajstić information content (AvgIpc) is 3.33. The van der Waals surface area contributed by atoms with Gasteiger partial charge in [-0.2, -0.15) is 13.7 Å². The van der Waals surface area contributed by atoms with Gasteiger partial charge >= 0.3 is 5.97 Å². The van der Waals surface area contributed by atoms with E-state index in [4.69, 9.17) is 4.74 Å². The van der Waals surface area contributed by atoms with Crippen LogP contribution in [0.1, 0.15) is 28.7 Å². The van der Waals surface area contributed by atoms with Gasteiger partial charge in [-0.1, -0.05) is 6.92 Å². The Hall–Kier alpha value is -2.11. The summed E-state index contributed by atoms with van der Waals surface area (Å²) in [6.45, 7) is 1.99. The molecular weight excluding hydrogens is 397 g/mol. The van der Waals surface area contributed by atoms with Crippen molar-refractivity contribution in [2.75, 3.05) is 20.2 Å². The minimum atomic E-state index is -3.89. The van der Waals surface area contributed by atoms with Crippen molar-refractivity contribution < 1.29 is 27.1 Å². The van der Waals surface area contributed by atoms with E-state index in [9.17, 15) is 17.6 Å². The van der Waals surface area contributed by atoms with Gasteiger partial charge in [-0.25, -0.2) is 18.2 Å². The predicted molar refractivity (Wildman–Crippen MR) is 94.8 cm³/mol. The van der Waals surface area contributed by atoms with E-state index in [1.807, 2.05) is 0 Å². The molecule has 1 aliphatic rings. The summed E-state index contributed by atoms with van der Waals surface area (Å²) in [5.41, 5.74) is 0.239. The van der Waals surface area contributed by atoms with Crippen LogP contribution in [0.3, 0.4) is 0 Å². The van der Waals surface area contributed by atoms with Crippen molar-refractivity contribution in [3.63, 3.8) is 0 Å². The molecule has 11 heteroatoms. The Morgan fingerprint density at radius 3 is 2.93 bits per heavy atom. The lowest BCUT2D eigenvalue weighted by Gasteiger charge is -2.17. The van der Waals surface area contributed by atoms with Gasteiger partial charge in [0.05, 0.1) is 19.3 Å². The van der Waals surface area contributed by atoms with Crippen LogP contribution in [0.5, 0.6) is 5.88 Å². The number of rotatable bonds is 6. The van der Waals surface area contributed by atoms with Crippen molar-refractivity contribution in [2.24, 2.45) is 0 Å². The van der Waals surface area contributed by atoms with Crippen molar-refractivity contribution in [1.82, 2.24) is 14.3 Å². The molecule has 1 aliphatic heterocycles. The molecule has 0 amide bonds. The summed E-state index contributed by atoms with van der Waals surface area (Å²) < 4.78 is 51.4. The minimum Gasteiger partial charge on any atom is -0.471 e. The number of thiophene rings is 1. The third-order valence-electron chi connectivity index (χ3n) is 4.17. The molecule has 1 atom stereocenters. The number of carbonyl (C=O) groups is 1. The van der Waals surface area contributed by atoms with Crippen LogP contribution in [0, 0.1) is 5.82 Å². The van der Waals surface area contributed by atoms with Gasteiger partial charge in [-0.15, -0.1) is 11.3 Å². The lowest BCUT2D eigenvalue weighted by Crippen LogP contribution is -2.31. The highest BCUT2D eigenvalue weighted by Crippen LogP contribution is 2.29. The third-order valence-corrected chi connectivity index (χ3v) is 7.10. The van der Waals surface area contributed by atoms with E-state index in [1.165, 1.54) is 29.2 Å². The molecule has 146 valence electrons. The molecule has 3 heterocycles. The van der Waals surface area contributed by atoms with Crippen LogP contribution in [0.15, 0.2) is 22.7 Å². The quantitative estimate of drug-likeness (QED) is 0.664. The van der Waals surface area contributed by atoms with Crippen molar-refractivity contribution in [3.05, 3.63) is 34.2 Å². The molecule has 0 N–H and O–H groups in total. The number of halogens is 1. The van der Waals surface area contributed by atoms with Gasteiger partial charge in [0, 0.05) is 6.54 Å². The Bertz CT molecular complexity index is 947. The van der Waals surface area contributed by atoms with E-state index in [2.05, 4.69) is 14.7 Å². The summed E-state index contributed by atoms with van der Waals surface area (Å²) in [6.07, 6.45) is 1.44. The van der Waals surface area contributed by atoms with Gasteiger partial charge in [0.15, 0.2) is 0 Å². The number of aromatic nitrogens is 2. The fourth-order valence-corrected chi connectivity index (χ4v) is 5.56. The van der Waals surface area contributed by atoms with Crippen molar-refractivity contribution in [1.29, 1.82) is 0 Å². The van der Waals surface area contributed by atoms with Crippen LogP contribution in [0.2, 0.25) is 0 Å². The predicted octanol–water partition coefficient (Wildman–Crippen LogP) is 1.87. The molecule has 1 saturated heterocycles. The van der Waals surface area contributed by atoms with Gasteiger partial charge in [-0.05, 0) is 24.3 Å². The van der Waals surface area contributed by atoms with Crippen molar-refractivity contribution in [3.8, 4) is 5.88 Å². The number of sulfonamides is 1. The highest BCUT2D eigenvalue weighted by atomic mass is 32.2. The fraction of sp³-hybridized carbons (Fsp3) is 0.438. The number of hydrogen-bond donors (Lipinski definition) is 0. The molecule has 0 aromatic carbocycles. The van der Waals surface area contributed by atoms with E-state index < -0.39 is 27.9 Å². The maximum absolute atomic E-state index is 14.2. The van der Waals surface area contributed by atoms with E-state index in [1.54, 1.807) is 6.92 Å². The molecule has 0 spiro atoms. The lowest BCUT2D eigenvalue weighted by atomic mass is 10.3. The summed E-state index contributed by atoms with van der Waals surface area (Å²) in [5, 5.41) is 1.52.